The smallest absolute Gasteiger partial charge is 0.320 e. The lowest BCUT2D eigenvalue weighted by molar-refractivity contribution is -0.140. The van der Waals surface area contributed by atoms with Gasteiger partial charge in [0.15, 0.2) is 0 Å². The van der Waals surface area contributed by atoms with E-state index in [1.54, 1.807) is 0 Å². The van der Waals surface area contributed by atoms with Crippen molar-refractivity contribution in [3.8, 4) is 0 Å². The van der Waals surface area contributed by atoms with Crippen molar-refractivity contribution >= 4 is 18.4 Å². The predicted molar refractivity (Wildman–Crippen MR) is 42.9 cm³/mol. The molecule has 64 valence electrons. The number of carboxylic acids is 1. The molecule has 0 bridgehead atoms. The minimum atomic E-state index is -0.674. The Morgan fingerprint density at radius 1 is 1.55 bits per heavy atom. The maximum atomic E-state index is 10.5. The molecule has 0 amide bonds. The molecule has 3 nitrogen and oxygen atoms in total. The summed E-state index contributed by atoms with van der Waals surface area (Å²) in [6, 6.07) is -0.237. The molecular weight excluding hydrogens is 166 g/mol. The average molecular weight is 178 g/mol. The Bertz CT molecular complexity index is 174. The Morgan fingerprint density at radius 2 is 2.27 bits per heavy atom. The van der Waals surface area contributed by atoms with Gasteiger partial charge in [-0.3, -0.25) is 4.79 Å². The molecule has 1 aliphatic carbocycles. The van der Waals surface area contributed by atoms with Gasteiger partial charge in [0.25, 0.3) is 0 Å². The lowest BCUT2D eigenvalue weighted by Crippen LogP contribution is -2.42. The molecule has 0 aromatic carbocycles. The van der Waals surface area contributed by atoms with E-state index in [4.69, 9.17) is 5.11 Å². The molecule has 1 aliphatic heterocycles. The third-order valence-electron chi connectivity index (χ3n) is 2.55. The largest absolute Gasteiger partial charge is 0.480 e. The Hall–Kier alpha value is -0.280. The fraction of sp³-hybridized carbons (Fsp3) is 0.857. The number of nitrogens with one attached hydrogen (secondary N) is 1. The number of halogens is 1. The first-order chi connectivity index (χ1) is 4.79. The summed E-state index contributed by atoms with van der Waals surface area (Å²) in [5, 5.41) is 11.7. The lowest BCUT2D eigenvalue weighted by atomic mass is 10.1. The van der Waals surface area contributed by atoms with Crippen LogP contribution in [0.15, 0.2) is 0 Å². The molecule has 0 aromatic heterocycles. The topological polar surface area (TPSA) is 49.3 Å². The van der Waals surface area contributed by atoms with Gasteiger partial charge in [-0.2, -0.15) is 0 Å². The van der Waals surface area contributed by atoms with E-state index >= 15 is 0 Å². The van der Waals surface area contributed by atoms with E-state index in [9.17, 15) is 4.79 Å². The van der Waals surface area contributed by atoms with Gasteiger partial charge in [-0.15, -0.1) is 12.4 Å². The van der Waals surface area contributed by atoms with Crippen LogP contribution >= 0.6 is 12.4 Å². The van der Waals surface area contributed by atoms with Crippen molar-refractivity contribution in [2.75, 3.05) is 6.54 Å². The highest BCUT2D eigenvalue weighted by Gasteiger charge is 2.48. The summed E-state index contributed by atoms with van der Waals surface area (Å²) in [4.78, 5) is 10.5. The van der Waals surface area contributed by atoms with Gasteiger partial charge >= 0.3 is 5.97 Å². The van der Waals surface area contributed by atoms with Crippen molar-refractivity contribution in [3.05, 3.63) is 0 Å². The number of fused-ring (bicyclic) bond motifs is 1. The number of carbonyl (C=O) groups is 1. The van der Waals surface area contributed by atoms with Crippen LogP contribution in [0.4, 0.5) is 0 Å². The summed E-state index contributed by atoms with van der Waals surface area (Å²) < 4.78 is 0. The zero-order chi connectivity index (χ0) is 7.14. The highest BCUT2D eigenvalue weighted by molar-refractivity contribution is 5.85. The van der Waals surface area contributed by atoms with Crippen LogP contribution in [-0.4, -0.2) is 23.7 Å². The normalized spacial score (nSPS) is 40.2. The molecule has 2 N–H and O–H groups in total. The number of rotatable bonds is 1. The van der Waals surface area contributed by atoms with E-state index in [2.05, 4.69) is 5.32 Å². The average Bonchev–Trinajstić information content (AvgIpc) is 2.63. The van der Waals surface area contributed by atoms with E-state index in [-0.39, 0.29) is 18.4 Å². The van der Waals surface area contributed by atoms with Gasteiger partial charge in [-0.25, -0.2) is 0 Å². The minimum Gasteiger partial charge on any atom is -0.480 e. The molecule has 4 heteroatoms. The van der Waals surface area contributed by atoms with Gasteiger partial charge < -0.3 is 10.4 Å². The fourth-order valence-corrected chi connectivity index (χ4v) is 1.86. The van der Waals surface area contributed by atoms with Gasteiger partial charge in [0.05, 0.1) is 0 Å². The third-order valence-corrected chi connectivity index (χ3v) is 2.55. The molecule has 1 saturated heterocycles. The zero-order valence-electron chi connectivity index (χ0n) is 6.12. The van der Waals surface area contributed by atoms with E-state index in [0.29, 0.717) is 5.92 Å². The van der Waals surface area contributed by atoms with Crippen LogP contribution in [-0.2, 0) is 4.79 Å². The number of hydrogen-bond donors (Lipinski definition) is 2. The van der Waals surface area contributed by atoms with Crippen molar-refractivity contribution in [1.82, 2.24) is 5.32 Å². The van der Waals surface area contributed by atoms with Crippen LogP contribution in [0.1, 0.15) is 12.8 Å². The zero-order valence-corrected chi connectivity index (χ0v) is 6.93. The molecule has 2 rings (SSSR count). The predicted octanol–water partition coefficient (Wildman–Crippen LogP) is 0.491. The second-order valence-corrected chi connectivity index (χ2v) is 3.22. The maximum Gasteiger partial charge on any atom is 0.320 e. The van der Waals surface area contributed by atoms with Crippen LogP contribution in [0.2, 0.25) is 0 Å². The SMILES string of the molecule is Cl.O=C(O)[C@H]1NCC[C@@H]2C[C@@H]21. The molecule has 11 heavy (non-hydrogen) atoms. The van der Waals surface area contributed by atoms with E-state index in [1.165, 1.54) is 6.42 Å². The quantitative estimate of drug-likeness (QED) is 0.613. The Labute approximate surface area is 71.6 Å². The highest BCUT2D eigenvalue weighted by Crippen LogP contribution is 2.45. The van der Waals surface area contributed by atoms with Crippen molar-refractivity contribution < 1.29 is 9.90 Å². The number of carboxylic acid groups (broad SMARTS) is 1. The fourth-order valence-electron chi connectivity index (χ4n) is 1.86. The van der Waals surface area contributed by atoms with Crippen LogP contribution in [0.25, 0.3) is 0 Å². The van der Waals surface area contributed by atoms with Crippen LogP contribution in [0.3, 0.4) is 0 Å². The van der Waals surface area contributed by atoms with Crippen LogP contribution in [0, 0.1) is 11.8 Å². The minimum absolute atomic E-state index is 0. The first-order valence-electron chi connectivity index (χ1n) is 3.75. The van der Waals surface area contributed by atoms with Gasteiger partial charge in [-0.1, -0.05) is 0 Å². The first kappa shape index (κ1) is 8.81. The van der Waals surface area contributed by atoms with E-state index in [0.717, 1.165) is 18.9 Å². The summed E-state index contributed by atoms with van der Waals surface area (Å²) in [5.74, 6) is 0.501. The van der Waals surface area contributed by atoms with E-state index < -0.39 is 5.97 Å². The summed E-state index contributed by atoms with van der Waals surface area (Å²) in [6.45, 7) is 0.887. The van der Waals surface area contributed by atoms with Gasteiger partial charge in [-0.05, 0) is 31.2 Å². The molecule has 0 radical (unpaired) electrons. The molecule has 0 aromatic rings. The van der Waals surface area contributed by atoms with Gasteiger partial charge in [0.1, 0.15) is 6.04 Å². The van der Waals surface area contributed by atoms with Crippen molar-refractivity contribution in [2.24, 2.45) is 11.8 Å². The van der Waals surface area contributed by atoms with E-state index in [1.807, 2.05) is 0 Å². The molecule has 3 atom stereocenters. The summed E-state index contributed by atoms with van der Waals surface area (Å²) in [5.41, 5.74) is 0. The lowest BCUT2D eigenvalue weighted by Gasteiger charge is -2.18. The summed E-state index contributed by atoms with van der Waals surface area (Å²) in [7, 11) is 0. The Kier molecular flexibility index (Phi) is 2.40. The second-order valence-electron chi connectivity index (χ2n) is 3.22. The number of hydrogen-bond acceptors (Lipinski definition) is 2. The molecule has 0 unspecified atom stereocenters. The second kappa shape index (κ2) is 2.99. The van der Waals surface area contributed by atoms with Gasteiger partial charge in [0.2, 0.25) is 0 Å². The first-order valence-corrected chi connectivity index (χ1v) is 3.75. The van der Waals surface area contributed by atoms with Crippen LogP contribution < -0.4 is 5.32 Å². The highest BCUT2D eigenvalue weighted by atomic mass is 35.5. The molecule has 1 saturated carbocycles. The molecule has 0 spiro atoms. The molecule has 2 aliphatic rings. The maximum absolute atomic E-state index is 10.5. The number of aliphatic carboxylic acids is 1. The standard InChI is InChI=1S/C7H11NO2.ClH/c9-7(10)6-5-3-4(5)1-2-8-6;/h4-6,8H,1-3H2,(H,9,10);1H/t4-,5+,6+;/m1./s1. The Morgan fingerprint density at radius 3 is 2.82 bits per heavy atom. The summed E-state index contributed by atoms with van der Waals surface area (Å²) >= 11 is 0. The summed E-state index contributed by atoms with van der Waals surface area (Å²) in [6.07, 6.45) is 2.30. The third kappa shape index (κ3) is 1.49. The van der Waals surface area contributed by atoms with Crippen molar-refractivity contribution in [1.29, 1.82) is 0 Å². The molecule has 2 fully saturated rings. The van der Waals surface area contributed by atoms with Crippen LogP contribution in [0.5, 0.6) is 0 Å². The monoisotopic (exact) mass is 177 g/mol. The molecular formula is C7H12ClNO2. The number of piperidine rings is 1. The molecule has 1 heterocycles. The van der Waals surface area contributed by atoms with Crippen molar-refractivity contribution in [2.45, 2.75) is 18.9 Å². The van der Waals surface area contributed by atoms with Gasteiger partial charge in [0, 0.05) is 0 Å². The Balaban J connectivity index is 0.000000605. The van der Waals surface area contributed by atoms with Crippen molar-refractivity contribution in [3.63, 3.8) is 0 Å².